The fourth-order valence-corrected chi connectivity index (χ4v) is 3.07. The van der Waals surface area contributed by atoms with E-state index in [9.17, 15) is 0 Å². The predicted octanol–water partition coefficient (Wildman–Crippen LogP) is 2.98. The summed E-state index contributed by atoms with van der Waals surface area (Å²) in [5.74, 6) is 0. The van der Waals surface area contributed by atoms with E-state index in [1.807, 2.05) is 0 Å². The van der Waals surface area contributed by atoms with E-state index in [0.717, 1.165) is 5.00 Å². The van der Waals surface area contributed by atoms with E-state index < -0.39 is 0 Å². The molecule has 5 heteroatoms. The zero-order chi connectivity index (χ0) is 9.97. The van der Waals surface area contributed by atoms with Crippen LogP contribution in [0.4, 0.5) is 5.00 Å². The maximum Gasteiger partial charge on any atom is 0.0862 e. The van der Waals surface area contributed by atoms with Crippen LogP contribution in [0.25, 0.3) is 0 Å². The first kappa shape index (κ1) is 16.0. The molecule has 0 amide bonds. The molecule has 0 aromatic carbocycles. The number of nitrogen functional groups attached to an aromatic ring is 1. The van der Waals surface area contributed by atoms with E-state index in [0.29, 0.717) is 0 Å². The van der Waals surface area contributed by atoms with Crippen LogP contribution >= 0.6 is 36.2 Å². The Morgan fingerprint density at radius 2 is 2.00 bits per heavy atom. The summed E-state index contributed by atoms with van der Waals surface area (Å²) in [6.45, 7) is 5.90. The standard InChI is InChI=1S/C11H18N2S.2ClH/c1-2-5-13-6-3-9-8-11(12)14-10(9)4-7-13;;/h8H,2-7,12H2,1H3;2*1H. The minimum atomic E-state index is 0. The molecule has 0 spiro atoms. The molecule has 0 saturated carbocycles. The number of nitrogens with zero attached hydrogens (tertiary/aromatic N) is 1. The van der Waals surface area contributed by atoms with Crippen LogP contribution in [0.15, 0.2) is 6.07 Å². The molecule has 2 heterocycles. The molecule has 0 aliphatic carbocycles. The highest BCUT2D eigenvalue weighted by Gasteiger charge is 2.15. The first-order valence-corrected chi connectivity index (χ1v) is 6.20. The lowest BCUT2D eigenvalue weighted by atomic mass is 10.2. The minimum Gasteiger partial charge on any atom is -0.391 e. The summed E-state index contributed by atoms with van der Waals surface area (Å²) in [6.07, 6.45) is 3.63. The Morgan fingerprint density at radius 1 is 1.31 bits per heavy atom. The van der Waals surface area contributed by atoms with Gasteiger partial charge in [0.1, 0.15) is 0 Å². The van der Waals surface area contributed by atoms with E-state index in [2.05, 4.69) is 17.9 Å². The summed E-state index contributed by atoms with van der Waals surface area (Å²) in [4.78, 5) is 4.07. The maximum absolute atomic E-state index is 5.81. The van der Waals surface area contributed by atoms with E-state index in [1.54, 1.807) is 11.3 Å². The third-order valence-corrected chi connectivity index (χ3v) is 3.87. The lowest BCUT2D eigenvalue weighted by Crippen LogP contribution is -2.27. The van der Waals surface area contributed by atoms with Crippen LogP contribution < -0.4 is 5.73 Å². The quantitative estimate of drug-likeness (QED) is 0.904. The smallest absolute Gasteiger partial charge is 0.0862 e. The van der Waals surface area contributed by atoms with Gasteiger partial charge in [0.2, 0.25) is 0 Å². The second-order valence-electron chi connectivity index (χ2n) is 3.94. The van der Waals surface area contributed by atoms with Gasteiger partial charge in [-0.2, -0.15) is 0 Å². The third-order valence-electron chi connectivity index (χ3n) is 2.81. The Balaban J connectivity index is 0.00000112. The molecular weight excluding hydrogens is 263 g/mol. The first-order chi connectivity index (χ1) is 6.79. The topological polar surface area (TPSA) is 29.3 Å². The van der Waals surface area contributed by atoms with Crippen LogP contribution in [0.1, 0.15) is 23.8 Å². The molecule has 2 nitrogen and oxygen atoms in total. The van der Waals surface area contributed by atoms with Gasteiger partial charge in [-0.3, -0.25) is 0 Å². The molecule has 94 valence electrons. The van der Waals surface area contributed by atoms with Gasteiger partial charge in [0.05, 0.1) is 5.00 Å². The summed E-state index contributed by atoms with van der Waals surface area (Å²) >= 11 is 1.77. The molecule has 1 aromatic heterocycles. The molecule has 1 aliphatic rings. The van der Waals surface area contributed by atoms with E-state index in [4.69, 9.17) is 5.73 Å². The normalized spacial score (nSPS) is 15.6. The molecule has 0 saturated heterocycles. The fourth-order valence-electron chi connectivity index (χ4n) is 2.10. The van der Waals surface area contributed by atoms with Crippen LogP contribution in [-0.4, -0.2) is 24.5 Å². The number of hydrogen-bond donors (Lipinski definition) is 1. The number of halogens is 2. The van der Waals surface area contributed by atoms with Gasteiger partial charge in [-0.05, 0) is 37.4 Å². The Morgan fingerprint density at radius 3 is 2.69 bits per heavy atom. The zero-order valence-electron chi connectivity index (χ0n) is 9.57. The average Bonchev–Trinajstić information content (AvgIpc) is 2.42. The average molecular weight is 283 g/mol. The van der Waals surface area contributed by atoms with Crippen molar-refractivity contribution in [3.63, 3.8) is 0 Å². The highest BCUT2D eigenvalue weighted by molar-refractivity contribution is 7.16. The summed E-state index contributed by atoms with van der Waals surface area (Å²) in [7, 11) is 0. The summed E-state index contributed by atoms with van der Waals surface area (Å²) in [6, 6.07) is 2.16. The number of anilines is 1. The third kappa shape index (κ3) is 3.81. The summed E-state index contributed by atoms with van der Waals surface area (Å²) in [5, 5.41) is 0.985. The molecule has 0 unspecified atom stereocenters. The van der Waals surface area contributed by atoms with Crippen molar-refractivity contribution in [1.29, 1.82) is 0 Å². The predicted molar refractivity (Wildman–Crippen MR) is 77.4 cm³/mol. The van der Waals surface area contributed by atoms with Crippen molar-refractivity contribution >= 4 is 41.2 Å². The molecule has 16 heavy (non-hydrogen) atoms. The number of nitrogens with two attached hydrogens (primary N) is 1. The van der Waals surface area contributed by atoms with E-state index in [1.165, 1.54) is 49.3 Å². The zero-order valence-corrected chi connectivity index (χ0v) is 12.0. The fraction of sp³-hybridized carbons (Fsp3) is 0.636. The van der Waals surface area contributed by atoms with Crippen molar-refractivity contribution in [2.45, 2.75) is 26.2 Å². The molecule has 1 aliphatic heterocycles. The van der Waals surface area contributed by atoms with E-state index >= 15 is 0 Å². The van der Waals surface area contributed by atoms with Gasteiger partial charge in [0.25, 0.3) is 0 Å². The maximum atomic E-state index is 5.81. The highest BCUT2D eigenvalue weighted by Crippen LogP contribution is 2.27. The van der Waals surface area contributed by atoms with Crippen LogP contribution in [0.2, 0.25) is 0 Å². The van der Waals surface area contributed by atoms with Gasteiger partial charge in [0, 0.05) is 18.0 Å². The second-order valence-corrected chi connectivity index (χ2v) is 5.11. The largest absolute Gasteiger partial charge is 0.391 e. The van der Waals surface area contributed by atoms with Gasteiger partial charge in [-0.25, -0.2) is 0 Å². The van der Waals surface area contributed by atoms with Crippen molar-refractivity contribution < 1.29 is 0 Å². The van der Waals surface area contributed by atoms with Crippen LogP contribution in [0.5, 0.6) is 0 Å². The van der Waals surface area contributed by atoms with Gasteiger partial charge >= 0.3 is 0 Å². The molecular formula is C11H20Cl2N2S. The molecule has 0 atom stereocenters. The number of thiophene rings is 1. The summed E-state index contributed by atoms with van der Waals surface area (Å²) in [5.41, 5.74) is 7.30. The van der Waals surface area contributed by atoms with Gasteiger partial charge in [0.15, 0.2) is 0 Å². The van der Waals surface area contributed by atoms with Crippen molar-refractivity contribution in [3.8, 4) is 0 Å². The lowest BCUT2D eigenvalue weighted by molar-refractivity contribution is 0.288. The second kappa shape index (κ2) is 7.38. The number of hydrogen-bond acceptors (Lipinski definition) is 3. The van der Waals surface area contributed by atoms with Crippen LogP contribution in [0, 0.1) is 0 Å². The number of rotatable bonds is 2. The molecule has 0 bridgehead atoms. The van der Waals surface area contributed by atoms with Gasteiger partial charge < -0.3 is 10.6 Å². The van der Waals surface area contributed by atoms with E-state index in [-0.39, 0.29) is 24.8 Å². The molecule has 0 radical (unpaired) electrons. The highest BCUT2D eigenvalue weighted by atomic mass is 35.5. The Labute approximate surface area is 114 Å². The van der Waals surface area contributed by atoms with Gasteiger partial charge in [-0.15, -0.1) is 36.2 Å². The Bertz CT molecular complexity index is 289. The Hall–Kier alpha value is 0.0400. The van der Waals surface area contributed by atoms with Crippen molar-refractivity contribution in [3.05, 3.63) is 16.5 Å². The first-order valence-electron chi connectivity index (χ1n) is 5.39. The van der Waals surface area contributed by atoms with Crippen molar-refractivity contribution in [1.82, 2.24) is 4.90 Å². The molecule has 2 N–H and O–H groups in total. The molecule has 1 aromatic rings. The van der Waals surface area contributed by atoms with Gasteiger partial charge in [-0.1, -0.05) is 6.92 Å². The van der Waals surface area contributed by atoms with Crippen molar-refractivity contribution in [2.75, 3.05) is 25.4 Å². The molecule has 2 rings (SSSR count). The summed E-state index contributed by atoms with van der Waals surface area (Å²) < 4.78 is 0. The monoisotopic (exact) mass is 282 g/mol. The van der Waals surface area contributed by atoms with Crippen molar-refractivity contribution in [2.24, 2.45) is 0 Å². The Kier molecular flexibility index (Phi) is 7.40. The van der Waals surface area contributed by atoms with Crippen LogP contribution in [-0.2, 0) is 12.8 Å². The lowest BCUT2D eigenvalue weighted by Gasteiger charge is -2.18. The van der Waals surface area contributed by atoms with Crippen LogP contribution in [0.3, 0.4) is 0 Å². The molecule has 0 fully saturated rings. The SMILES string of the molecule is CCCN1CCc2cc(N)sc2CC1.Cl.Cl. The number of fused-ring (bicyclic) bond motifs is 1. The minimum absolute atomic E-state index is 0.